The van der Waals surface area contributed by atoms with Crippen LogP contribution in [0.15, 0.2) is 31.8 Å². The topological polar surface area (TPSA) is 43.4 Å². The van der Waals surface area contributed by atoms with Crippen molar-refractivity contribution < 1.29 is 22.0 Å². The fourth-order valence-electron chi connectivity index (χ4n) is 1.05. The predicted octanol–water partition coefficient (Wildman–Crippen LogP) is 2.40. The van der Waals surface area contributed by atoms with Gasteiger partial charge in [0.1, 0.15) is 0 Å². The standard InChI is InChI=1S/C8H3F3O3/c9-8(10,11)4-1-2-5-6(3-4)14-7(12)13-5/h1-3H. The molecule has 0 N–H and O–H groups in total. The monoisotopic (exact) mass is 204 g/mol. The molecule has 0 aliphatic carbocycles. The minimum absolute atomic E-state index is 0.00278. The maximum absolute atomic E-state index is 12.2. The third kappa shape index (κ3) is 1.39. The molecule has 0 spiro atoms. The smallest absolute Gasteiger partial charge is 0.391 e. The lowest BCUT2D eigenvalue weighted by Gasteiger charge is -2.04. The van der Waals surface area contributed by atoms with Gasteiger partial charge in [0.2, 0.25) is 0 Å². The molecule has 2 aromatic rings. The maximum Gasteiger partial charge on any atom is 0.519 e. The SMILES string of the molecule is O=c1oc2ccc(C(F)(F)F)cc2o1. The van der Waals surface area contributed by atoms with Crippen molar-refractivity contribution in [1.82, 2.24) is 0 Å². The van der Waals surface area contributed by atoms with E-state index in [-0.39, 0.29) is 11.2 Å². The number of fused-ring (bicyclic) bond motifs is 1. The third-order valence-electron chi connectivity index (χ3n) is 1.66. The summed E-state index contributed by atoms with van der Waals surface area (Å²) in [4.78, 5) is 10.5. The van der Waals surface area contributed by atoms with Crippen LogP contribution in [0.5, 0.6) is 0 Å². The van der Waals surface area contributed by atoms with Crippen LogP contribution in [-0.4, -0.2) is 0 Å². The molecule has 2 rings (SSSR count). The van der Waals surface area contributed by atoms with Gasteiger partial charge in [-0.1, -0.05) is 0 Å². The number of rotatable bonds is 0. The average Bonchev–Trinajstić information content (AvgIpc) is 2.41. The van der Waals surface area contributed by atoms with Crippen LogP contribution in [0.25, 0.3) is 11.2 Å². The first-order valence-electron chi connectivity index (χ1n) is 3.58. The van der Waals surface area contributed by atoms with Crippen LogP contribution in [0.2, 0.25) is 0 Å². The van der Waals surface area contributed by atoms with Crippen LogP contribution in [0.4, 0.5) is 13.2 Å². The molecule has 0 bridgehead atoms. The van der Waals surface area contributed by atoms with Crippen molar-refractivity contribution in [3.05, 3.63) is 34.4 Å². The quantitative estimate of drug-likeness (QED) is 0.661. The van der Waals surface area contributed by atoms with Crippen molar-refractivity contribution in [2.75, 3.05) is 0 Å². The molecule has 0 aliphatic heterocycles. The van der Waals surface area contributed by atoms with E-state index in [2.05, 4.69) is 8.83 Å². The van der Waals surface area contributed by atoms with Crippen molar-refractivity contribution in [3.63, 3.8) is 0 Å². The Morgan fingerprint density at radius 3 is 2.36 bits per heavy atom. The van der Waals surface area contributed by atoms with Gasteiger partial charge in [0.25, 0.3) is 0 Å². The third-order valence-corrected chi connectivity index (χ3v) is 1.66. The Labute approximate surface area is 74.7 Å². The molecule has 14 heavy (non-hydrogen) atoms. The Morgan fingerprint density at radius 2 is 1.71 bits per heavy atom. The highest BCUT2D eigenvalue weighted by Gasteiger charge is 2.31. The summed E-state index contributed by atoms with van der Waals surface area (Å²) in [6.45, 7) is 0. The summed E-state index contributed by atoms with van der Waals surface area (Å²) < 4.78 is 45.3. The van der Waals surface area contributed by atoms with Crippen LogP contribution < -0.4 is 5.82 Å². The Balaban J connectivity index is 2.67. The van der Waals surface area contributed by atoms with Crippen molar-refractivity contribution in [2.45, 2.75) is 6.18 Å². The summed E-state index contributed by atoms with van der Waals surface area (Å²) >= 11 is 0. The normalized spacial score (nSPS) is 12.2. The highest BCUT2D eigenvalue weighted by Crippen LogP contribution is 2.30. The lowest BCUT2D eigenvalue weighted by molar-refractivity contribution is -0.137. The fraction of sp³-hybridized carbons (Fsp3) is 0.125. The Morgan fingerprint density at radius 1 is 1.07 bits per heavy atom. The number of hydrogen-bond donors (Lipinski definition) is 0. The van der Waals surface area contributed by atoms with Crippen LogP contribution >= 0.6 is 0 Å². The first-order chi connectivity index (χ1) is 6.47. The molecule has 0 amide bonds. The molecule has 1 aromatic carbocycles. The molecule has 74 valence electrons. The van der Waals surface area contributed by atoms with E-state index < -0.39 is 17.6 Å². The van der Waals surface area contributed by atoms with Crippen molar-refractivity contribution in [1.29, 1.82) is 0 Å². The largest absolute Gasteiger partial charge is 0.519 e. The molecule has 1 heterocycles. The van der Waals surface area contributed by atoms with E-state index in [1.807, 2.05) is 0 Å². The molecule has 0 saturated carbocycles. The second kappa shape index (κ2) is 2.63. The molecular formula is C8H3F3O3. The van der Waals surface area contributed by atoms with Gasteiger partial charge < -0.3 is 8.83 Å². The van der Waals surface area contributed by atoms with E-state index in [0.29, 0.717) is 0 Å². The Kier molecular flexibility index (Phi) is 1.67. The zero-order chi connectivity index (χ0) is 10.3. The molecule has 6 heteroatoms. The van der Waals surface area contributed by atoms with E-state index in [4.69, 9.17) is 0 Å². The van der Waals surface area contributed by atoms with Crippen LogP contribution in [-0.2, 0) is 6.18 Å². The number of hydrogen-bond acceptors (Lipinski definition) is 3. The molecule has 0 fully saturated rings. The number of benzene rings is 1. The van der Waals surface area contributed by atoms with E-state index in [1.54, 1.807) is 0 Å². The zero-order valence-corrected chi connectivity index (χ0v) is 6.59. The van der Waals surface area contributed by atoms with Crippen molar-refractivity contribution in [3.8, 4) is 0 Å². The first kappa shape index (κ1) is 8.86. The Bertz CT molecular complexity index is 520. The lowest BCUT2D eigenvalue weighted by atomic mass is 10.2. The van der Waals surface area contributed by atoms with E-state index in [1.165, 1.54) is 0 Å². The summed E-state index contributed by atoms with van der Waals surface area (Å²) in [5, 5.41) is 0. The Hall–Kier alpha value is -1.72. The predicted molar refractivity (Wildman–Crippen MR) is 39.8 cm³/mol. The summed E-state index contributed by atoms with van der Waals surface area (Å²) in [6.07, 6.45) is -4.45. The van der Waals surface area contributed by atoms with Gasteiger partial charge in [-0.15, -0.1) is 0 Å². The molecule has 0 radical (unpaired) electrons. The van der Waals surface area contributed by atoms with Gasteiger partial charge in [-0.05, 0) is 18.2 Å². The average molecular weight is 204 g/mol. The second-order valence-electron chi connectivity index (χ2n) is 2.61. The molecule has 3 nitrogen and oxygen atoms in total. The minimum atomic E-state index is -4.45. The van der Waals surface area contributed by atoms with Gasteiger partial charge in [0.05, 0.1) is 5.56 Å². The number of alkyl halides is 3. The van der Waals surface area contributed by atoms with Crippen LogP contribution in [0, 0.1) is 0 Å². The van der Waals surface area contributed by atoms with Crippen molar-refractivity contribution in [2.24, 2.45) is 0 Å². The summed E-state index contributed by atoms with van der Waals surface area (Å²) in [5.74, 6) is -1.01. The molecule has 0 unspecified atom stereocenters. The second-order valence-corrected chi connectivity index (χ2v) is 2.61. The fourth-order valence-corrected chi connectivity index (χ4v) is 1.05. The van der Waals surface area contributed by atoms with Crippen LogP contribution in [0.3, 0.4) is 0 Å². The highest BCUT2D eigenvalue weighted by molar-refractivity contribution is 5.70. The van der Waals surface area contributed by atoms with Gasteiger partial charge in [0, 0.05) is 0 Å². The van der Waals surface area contributed by atoms with Gasteiger partial charge >= 0.3 is 12.0 Å². The zero-order valence-electron chi connectivity index (χ0n) is 6.59. The van der Waals surface area contributed by atoms with Crippen LogP contribution in [0.1, 0.15) is 5.56 Å². The molecule has 1 aromatic heterocycles. The maximum atomic E-state index is 12.2. The van der Waals surface area contributed by atoms with Gasteiger partial charge in [-0.3, -0.25) is 0 Å². The van der Waals surface area contributed by atoms with E-state index >= 15 is 0 Å². The summed E-state index contributed by atoms with van der Waals surface area (Å²) in [5.41, 5.74) is -1.08. The summed E-state index contributed by atoms with van der Waals surface area (Å²) in [6, 6.07) is 2.59. The highest BCUT2D eigenvalue weighted by atomic mass is 19.4. The summed E-state index contributed by atoms with van der Waals surface area (Å²) in [7, 11) is 0. The molecule has 0 aliphatic rings. The molecule has 0 saturated heterocycles. The first-order valence-corrected chi connectivity index (χ1v) is 3.58. The van der Waals surface area contributed by atoms with E-state index in [0.717, 1.165) is 18.2 Å². The van der Waals surface area contributed by atoms with Crippen molar-refractivity contribution >= 4 is 11.2 Å². The molecule has 0 atom stereocenters. The molecular weight excluding hydrogens is 201 g/mol. The number of halogens is 3. The van der Waals surface area contributed by atoms with Gasteiger partial charge in [0.15, 0.2) is 11.2 Å². The van der Waals surface area contributed by atoms with Gasteiger partial charge in [-0.25, -0.2) is 4.79 Å². The van der Waals surface area contributed by atoms with Gasteiger partial charge in [-0.2, -0.15) is 13.2 Å². The minimum Gasteiger partial charge on any atom is -0.391 e. The lowest BCUT2D eigenvalue weighted by Crippen LogP contribution is -2.03. The van der Waals surface area contributed by atoms with E-state index in [9.17, 15) is 18.0 Å².